The van der Waals surface area contributed by atoms with Crippen molar-refractivity contribution >= 4 is 0 Å². The molecular weight excluding hydrogens is 114 g/mol. The van der Waals surface area contributed by atoms with E-state index in [1.807, 2.05) is 0 Å². The van der Waals surface area contributed by atoms with Crippen molar-refractivity contribution in [2.24, 2.45) is 5.73 Å². The van der Waals surface area contributed by atoms with Crippen LogP contribution in [0.1, 0.15) is 12.8 Å². The maximum absolute atomic E-state index is 5.30. The van der Waals surface area contributed by atoms with E-state index in [9.17, 15) is 0 Å². The summed E-state index contributed by atoms with van der Waals surface area (Å²) < 4.78 is 4.86. The Morgan fingerprint density at radius 3 is 2.67 bits per heavy atom. The first-order chi connectivity index (χ1) is 4.31. The van der Waals surface area contributed by atoms with Crippen LogP contribution in [0.15, 0.2) is 12.2 Å². The van der Waals surface area contributed by atoms with Crippen molar-refractivity contribution in [2.75, 3.05) is 20.3 Å². The second-order valence-corrected chi connectivity index (χ2v) is 2.03. The summed E-state index contributed by atoms with van der Waals surface area (Å²) in [5.41, 5.74) is 6.48. The molecule has 0 saturated carbocycles. The molecule has 0 aromatic heterocycles. The Morgan fingerprint density at radius 2 is 2.22 bits per heavy atom. The number of hydrogen-bond acceptors (Lipinski definition) is 2. The molecule has 2 heteroatoms. The maximum Gasteiger partial charge on any atom is 0.0499 e. The van der Waals surface area contributed by atoms with E-state index in [4.69, 9.17) is 10.5 Å². The van der Waals surface area contributed by atoms with Crippen LogP contribution in [0.2, 0.25) is 0 Å². The fourth-order valence-corrected chi connectivity index (χ4v) is 0.576. The number of ether oxygens (including phenoxy) is 1. The highest BCUT2D eigenvalue weighted by molar-refractivity contribution is 4.93. The average molecular weight is 129 g/mol. The van der Waals surface area contributed by atoms with E-state index >= 15 is 0 Å². The van der Waals surface area contributed by atoms with Crippen LogP contribution in [0.5, 0.6) is 0 Å². The molecule has 9 heavy (non-hydrogen) atoms. The van der Waals surface area contributed by atoms with Gasteiger partial charge in [0.2, 0.25) is 0 Å². The van der Waals surface area contributed by atoms with Gasteiger partial charge in [0.05, 0.1) is 0 Å². The summed E-state index contributed by atoms with van der Waals surface area (Å²) >= 11 is 0. The van der Waals surface area contributed by atoms with Crippen LogP contribution in [0, 0.1) is 0 Å². The highest BCUT2D eigenvalue weighted by Crippen LogP contribution is 2.00. The first kappa shape index (κ1) is 8.66. The van der Waals surface area contributed by atoms with Crippen molar-refractivity contribution in [2.45, 2.75) is 12.8 Å². The predicted octanol–water partition coefficient (Wildman–Crippen LogP) is 0.928. The Bertz CT molecular complexity index is 81.0. The summed E-state index contributed by atoms with van der Waals surface area (Å²) in [6, 6.07) is 0. The molecule has 2 nitrogen and oxygen atoms in total. The molecule has 0 rings (SSSR count). The largest absolute Gasteiger partial charge is 0.384 e. The lowest BCUT2D eigenvalue weighted by Gasteiger charge is -2.00. The van der Waals surface area contributed by atoms with Crippen LogP contribution in [-0.2, 0) is 4.74 Å². The van der Waals surface area contributed by atoms with E-state index in [0.717, 1.165) is 19.4 Å². The molecule has 54 valence electrons. The molecule has 0 aromatic rings. The van der Waals surface area contributed by atoms with Crippen molar-refractivity contribution in [1.29, 1.82) is 0 Å². The molecule has 0 atom stereocenters. The van der Waals surface area contributed by atoms with Crippen molar-refractivity contribution in [1.82, 2.24) is 0 Å². The van der Waals surface area contributed by atoms with Gasteiger partial charge >= 0.3 is 0 Å². The third-order valence-electron chi connectivity index (χ3n) is 1.16. The zero-order chi connectivity index (χ0) is 7.11. The molecular formula is C7H15NO. The van der Waals surface area contributed by atoms with E-state index in [1.165, 1.54) is 5.57 Å². The molecule has 0 unspecified atom stereocenters. The summed E-state index contributed by atoms with van der Waals surface area (Å²) in [5, 5.41) is 0. The molecule has 0 bridgehead atoms. The topological polar surface area (TPSA) is 35.2 Å². The summed E-state index contributed by atoms with van der Waals surface area (Å²) in [4.78, 5) is 0. The van der Waals surface area contributed by atoms with E-state index in [0.29, 0.717) is 6.54 Å². The lowest BCUT2D eigenvalue weighted by molar-refractivity contribution is 0.201. The fraction of sp³-hybridized carbons (Fsp3) is 0.714. The average Bonchev–Trinajstić information content (AvgIpc) is 1.85. The summed E-state index contributed by atoms with van der Waals surface area (Å²) in [6.07, 6.45) is 1.86. The third-order valence-corrected chi connectivity index (χ3v) is 1.16. The summed E-state index contributed by atoms with van der Waals surface area (Å²) in [6.45, 7) is 5.28. The zero-order valence-corrected chi connectivity index (χ0v) is 6.02. The van der Waals surface area contributed by atoms with Gasteiger partial charge in [-0.15, -0.1) is 0 Å². The van der Waals surface area contributed by atoms with Gasteiger partial charge in [-0.25, -0.2) is 0 Å². The Balaban J connectivity index is 3.06. The molecule has 0 aliphatic heterocycles. The minimum absolute atomic E-state index is 0.697. The Labute approximate surface area is 56.7 Å². The minimum atomic E-state index is 0.697. The quantitative estimate of drug-likeness (QED) is 0.560. The van der Waals surface area contributed by atoms with Gasteiger partial charge in [0.15, 0.2) is 0 Å². The van der Waals surface area contributed by atoms with Gasteiger partial charge in [-0.1, -0.05) is 12.2 Å². The van der Waals surface area contributed by atoms with Crippen LogP contribution in [0.4, 0.5) is 0 Å². The smallest absolute Gasteiger partial charge is 0.0499 e. The van der Waals surface area contributed by atoms with E-state index in [2.05, 4.69) is 6.58 Å². The molecule has 0 saturated heterocycles. The molecule has 0 aliphatic carbocycles. The number of methoxy groups -OCH3 is 1. The molecule has 0 radical (unpaired) electrons. The Morgan fingerprint density at radius 1 is 1.56 bits per heavy atom. The van der Waals surface area contributed by atoms with E-state index in [1.54, 1.807) is 7.11 Å². The lowest BCUT2D eigenvalue weighted by atomic mass is 10.1. The minimum Gasteiger partial charge on any atom is -0.384 e. The van der Waals surface area contributed by atoms with Crippen molar-refractivity contribution in [3.05, 3.63) is 12.2 Å². The van der Waals surface area contributed by atoms with Crippen molar-refractivity contribution in [3.8, 4) is 0 Å². The van der Waals surface area contributed by atoms with Gasteiger partial charge in [-0.3, -0.25) is 0 Å². The molecule has 0 fully saturated rings. The van der Waals surface area contributed by atoms with Crippen molar-refractivity contribution < 1.29 is 4.74 Å². The number of hydrogen-bond donors (Lipinski definition) is 1. The SMILES string of the molecule is C=C(CCN)CCOC. The first-order valence-electron chi connectivity index (χ1n) is 3.17. The van der Waals surface area contributed by atoms with Gasteiger partial charge < -0.3 is 10.5 Å². The molecule has 0 heterocycles. The molecule has 0 spiro atoms. The molecule has 0 aromatic carbocycles. The molecule has 0 aliphatic rings. The highest BCUT2D eigenvalue weighted by atomic mass is 16.5. The van der Waals surface area contributed by atoms with Gasteiger partial charge in [-0.2, -0.15) is 0 Å². The van der Waals surface area contributed by atoms with Gasteiger partial charge in [-0.05, 0) is 19.4 Å². The van der Waals surface area contributed by atoms with Gasteiger partial charge in [0.1, 0.15) is 0 Å². The highest BCUT2D eigenvalue weighted by Gasteiger charge is 1.90. The first-order valence-corrected chi connectivity index (χ1v) is 3.17. The summed E-state index contributed by atoms with van der Waals surface area (Å²) in [7, 11) is 1.69. The second kappa shape index (κ2) is 5.79. The Kier molecular flexibility index (Phi) is 5.57. The van der Waals surface area contributed by atoms with Crippen LogP contribution in [0.3, 0.4) is 0 Å². The standard InChI is InChI=1S/C7H15NO/c1-7(3-5-8)4-6-9-2/h1,3-6,8H2,2H3. The maximum atomic E-state index is 5.30. The number of rotatable bonds is 5. The molecule has 2 N–H and O–H groups in total. The van der Waals surface area contributed by atoms with Crippen LogP contribution >= 0.6 is 0 Å². The number of nitrogens with two attached hydrogens (primary N) is 1. The lowest BCUT2D eigenvalue weighted by Crippen LogP contribution is -2.01. The van der Waals surface area contributed by atoms with Crippen LogP contribution < -0.4 is 5.73 Å². The zero-order valence-electron chi connectivity index (χ0n) is 6.02. The molecule has 0 amide bonds. The predicted molar refractivity (Wildman–Crippen MR) is 39.3 cm³/mol. The normalized spacial score (nSPS) is 9.56. The second-order valence-electron chi connectivity index (χ2n) is 2.03. The monoisotopic (exact) mass is 129 g/mol. The van der Waals surface area contributed by atoms with Crippen LogP contribution in [-0.4, -0.2) is 20.3 Å². The Hall–Kier alpha value is -0.340. The van der Waals surface area contributed by atoms with Gasteiger partial charge in [0.25, 0.3) is 0 Å². The fourth-order valence-electron chi connectivity index (χ4n) is 0.576. The summed E-state index contributed by atoms with van der Waals surface area (Å²) in [5.74, 6) is 0. The van der Waals surface area contributed by atoms with E-state index < -0.39 is 0 Å². The van der Waals surface area contributed by atoms with Gasteiger partial charge in [0, 0.05) is 13.7 Å². The van der Waals surface area contributed by atoms with Crippen LogP contribution in [0.25, 0.3) is 0 Å². The van der Waals surface area contributed by atoms with Crippen molar-refractivity contribution in [3.63, 3.8) is 0 Å². The third kappa shape index (κ3) is 5.53. The van der Waals surface area contributed by atoms with E-state index in [-0.39, 0.29) is 0 Å².